The van der Waals surface area contributed by atoms with Crippen molar-refractivity contribution in [2.75, 3.05) is 5.32 Å². The molecule has 1 amide bonds. The summed E-state index contributed by atoms with van der Waals surface area (Å²) in [5.74, 6) is -6.95. The molecule has 1 fully saturated rings. The first-order valence-corrected chi connectivity index (χ1v) is 6.59. The van der Waals surface area contributed by atoms with Crippen LogP contribution >= 0.6 is 0 Å². The number of carbonyl (C=O) groups is 3. The molecule has 1 aromatic carbocycles. The molecule has 7 nitrogen and oxygen atoms in total. The molecule has 0 atom stereocenters. The third-order valence-electron chi connectivity index (χ3n) is 2.78. The quantitative estimate of drug-likeness (QED) is 0.664. The van der Waals surface area contributed by atoms with E-state index in [1.54, 1.807) is 0 Å². The van der Waals surface area contributed by atoms with Gasteiger partial charge in [0.25, 0.3) is 5.79 Å². The minimum absolute atomic E-state index is 0.0555. The van der Waals surface area contributed by atoms with Crippen LogP contribution in [0.4, 0.5) is 18.9 Å². The highest BCUT2D eigenvalue weighted by Crippen LogP contribution is 2.26. The lowest BCUT2D eigenvalue weighted by molar-refractivity contribution is -0.274. The van der Waals surface area contributed by atoms with E-state index in [2.05, 4.69) is 10.1 Å². The Hall–Kier alpha value is -2.78. The molecule has 2 rings (SSSR count). The minimum Gasteiger partial charge on any atom is -0.422 e. The number of hydrogen-bond donors (Lipinski definition) is 1. The molecule has 0 bridgehead atoms. The van der Waals surface area contributed by atoms with Crippen molar-refractivity contribution in [2.45, 2.75) is 26.0 Å². The zero-order valence-electron chi connectivity index (χ0n) is 12.5. The van der Waals surface area contributed by atoms with Crippen LogP contribution in [-0.2, 0) is 23.9 Å². The average Bonchev–Trinajstić information content (AvgIpc) is 2.36. The van der Waals surface area contributed by atoms with Crippen LogP contribution in [0.25, 0.3) is 0 Å². The van der Waals surface area contributed by atoms with E-state index in [9.17, 15) is 27.6 Å². The molecule has 0 aliphatic carbocycles. The summed E-state index contributed by atoms with van der Waals surface area (Å²) >= 11 is 0. The number of halogens is 3. The molecule has 0 unspecified atom stereocenters. The van der Waals surface area contributed by atoms with Crippen molar-refractivity contribution in [1.29, 1.82) is 0 Å². The largest absolute Gasteiger partial charge is 0.573 e. The Labute approximate surface area is 133 Å². The number of cyclic esters (lactones) is 2. The fourth-order valence-corrected chi connectivity index (χ4v) is 1.89. The Morgan fingerprint density at radius 3 is 2.08 bits per heavy atom. The number of carbonyl (C=O) groups excluding carboxylic acids is 3. The Morgan fingerprint density at radius 2 is 1.62 bits per heavy atom. The van der Waals surface area contributed by atoms with Gasteiger partial charge >= 0.3 is 18.3 Å². The molecule has 1 N–H and O–H groups in total. The lowest BCUT2D eigenvalue weighted by atomic mass is 10.1. The van der Waals surface area contributed by atoms with E-state index in [4.69, 9.17) is 9.47 Å². The van der Waals surface area contributed by atoms with Crippen molar-refractivity contribution in [3.05, 3.63) is 24.3 Å². The number of amides is 1. The first-order chi connectivity index (χ1) is 11.0. The molecule has 130 valence electrons. The van der Waals surface area contributed by atoms with Gasteiger partial charge in [-0.15, -0.1) is 13.2 Å². The van der Waals surface area contributed by atoms with Crippen molar-refractivity contribution in [3.8, 4) is 5.75 Å². The van der Waals surface area contributed by atoms with E-state index in [-0.39, 0.29) is 5.69 Å². The van der Waals surface area contributed by atoms with E-state index in [1.807, 2.05) is 0 Å². The number of hydrogen-bond acceptors (Lipinski definition) is 6. The van der Waals surface area contributed by atoms with Gasteiger partial charge in [0.1, 0.15) is 5.75 Å². The zero-order valence-corrected chi connectivity index (χ0v) is 12.5. The maximum atomic E-state index is 12.0. The maximum Gasteiger partial charge on any atom is 0.573 e. The number of alkyl halides is 3. The van der Waals surface area contributed by atoms with Crippen LogP contribution in [-0.4, -0.2) is 30.0 Å². The van der Waals surface area contributed by atoms with E-state index < -0.39 is 41.7 Å². The van der Waals surface area contributed by atoms with E-state index >= 15 is 0 Å². The molecule has 1 aliphatic heterocycles. The second-order valence-corrected chi connectivity index (χ2v) is 5.24. The topological polar surface area (TPSA) is 90.9 Å². The fraction of sp³-hybridized carbons (Fsp3) is 0.357. The van der Waals surface area contributed by atoms with Crippen molar-refractivity contribution in [1.82, 2.24) is 0 Å². The van der Waals surface area contributed by atoms with Crippen LogP contribution in [0.15, 0.2) is 24.3 Å². The highest BCUT2D eigenvalue weighted by molar-refractivity contribution is 6.18. The summed E-state index contributed by atoms with van der Waals surface area (Å²) in [6.07, 6.45) is -4.84. The third kappa shape index (κ3) is 4.37. The van der Waals surface area contributed by atoms with Crippen LogP contribution in [0, 0.1) is 5.92 Å². The standard InChI is InChI=1S/C14H12F3NO6/c1-13(2)23-11(20)9(12(21)24-13)10(19)18-7-3-5-8(6-4-7)22-14(15,16)17/h3-6,9H,1-2H3,(H,18,19). The van der Waals surface area contributed by atoms with Crippen LogP contribution < -0.4 is 10.1 Å². The molecule has 1 heterocycles. The smallest absolute Gasteiger partial charge is 0.422 e. The summed E-state index contributed by atoms with van der Waals surface area (Å²) in [4.78, 5) is 35.5. The zero-order chi connectivity index (χ0) is 18.1. The van der Waals surface area contributed by atoms with Crippen LogP contribution in [0.5, 0.6) is 5.75 Å². The molecule has 1 aliphatic rings. The van der Waals surface area contributed by atoms with Gasteiger partial charge in [-0.05, 0) is 24.3 Å². The predicted molar refractivity (Wildman–Crippen MR) is 71.5 cm³/mol. The predicted octanol–water partition coefficient (Wildman–Crippen LogP) is 1.98. The Balaban J connectivity index is 2.04. The van der Waals surface area contributed by atoms with Gasteiger partial charge in [0.05, 0.1) is 0 Å². The minimum atomic E-state index is -4.84. The van der Waals surface area contributed by atoms with Crippen molar-refractivity contribution < 1.29 is 41.8 Å². The first-order valence-electron chi connectivity index (χ1n) is 6.59. The number of rotatable bonds is 3. The Bertz CT molecular complexity index is 648. The molecule has 10 heteroatoms. The van der Waals surface area contributed by atoms with E-state index in [1.165, 1.54) is 13.8 Å². The van der Waals surface area contributed by atoms with Gasteiger partial charge in [0.2, 0.25) is 11.8 Å². The molecule has 1 aromatic rings. The number of ether oxygens (including phenoxy) is 3. The summed E-state index contributed by atoms with van der Waals surface area (Å²) < 4.78 is 49.4. The normalized spacial score (nSPS) is 17.7. The fourth-order valence-electron chi connectivity index (χ4n) is 1.89. The highest BCUT2D eigenvalue weighted by Gasteiger charge is 2.47. The van der Waals surface area contributed by atoms with Gasteiger partial charge < -0.3 is 19.5 Å². The molecular formula is C14H12F3NO6. The van der Waals surface area contributed by atoms with E-state index in [0.717, 1.165) is 24.3 Å². The van der Waals surface area contributed by atoms with Gasteiger partial charge in [-0.25, -0.2) is 0 Å². The number of benzene rings is 1. The molecule has 0 spiro atoms. The number of anilines is 1. The van der Waals surface area contributed by atoms with Gasteiger partial charge in [-0.3, -0.25) is 14.4 Å². The monoisotopic (exact) mass is 347 g/mol. The molecule has 0 aromatic heterocycles. The van der Waals surface area contributed by atoms with Gasteiger partial charge in [0.15, 0.2) is 0 Å². The van der Waals surface area contributed by atoms with Crippen molar-refractivity contribution in [2.24, 2.45) is 5.92 Å². The lowest BCUT2D eigenvalue weighted by Gasteiger charge is -2.32. The van der Waals surface area contributed by atoms with Gasteiger partial charge in [-0.1, -0.05) is 0 Å². The highest BCUT2D eigenvalue weighted by atomic mass is 19.4. The van der Waals surface area contributed by atoms with Gasteiger partial charge in [0, 0.05) is 19.5 Å². The Morgan fingerprint density at radius 1 is 1.12 bits per heavy atom. The SMILES string of the molecule is CC1(C)OC(=O)C(C(=O)Nc2ccc(OC(F)(F)F)cc2)C(=O)O1. The average molecular weight is 347 g/mol. The van der Waals surface area contributed by atoms with Crippen LogP contribution in [0.2, 0.25) is 0 Å². The van der Waals surface area contributed by atoms with Crippen LogP contribution in [0.3, 0.4) is 0 Å². The second-order valence-electron chi connectivity index (χ2n) is 5.24. The van der Waals surface area contributed by atoms with Gasteiger partial charge in [-0.2, -0.15) is 0 Å². The summed E-state index contributed by atoms with van der Waals surface area (Å²) in [6, 6.07) is 4.15. The molecular weight excluding hydrogens is 335 g/mol. The lowest BCUT2D eigenvalue weighted by Crippen LogP contribution is -2.50. The molecule has 0 saturated carbocycles. The Kier molecular flexibility index (Phi) is 4.41. The summed E-state index contributed by atoms with van der Waals surface area (Å²) in [5.41, 5.74) is 0.0555. The summed E-state index contributed by atoms with van der Waals surface area (Å²) in [6.45, 7) is 2.66. The maximum absolute atomic E-state index is 12.0. The summed E-state index contributed by atoms with van der Waals surface area (Å²) in [7, 11) is 0. The number of nitrogens with one attached hydrogen (secondary N) is 1. The summed E-state index contributed by atoms with van der Waals surface area (Å²) in [5, 5.41) is 2.21. The number of esters is 2. The third-order valence-corrected chi connectivity index (χ3v) is 2.78. The van der Waals surface area contributed by atoms with Crippen LogP contribution in [0.1, 0.15) is 13.8 Å². The molecule has 0 radical (unpaired) electrons. The van der Waals surface area contributed by atoms with Crippen molar-refractivity contribution >= 4 is 23.5 Å². The molecule has 1 saturated heterocycles. The molecule has 24 heavy (non-hydrogen) atoms. The van der Waals surface area contributed by atoms with E-state index in [0.29, 0.717) is 0 Å². The first kappa shape index (κ1) is 17.6. The second kappa shape index (κ2) is 6.02. The van der Waals surface area contributed by atoms with Crippen molar-refractivity contribution in [3.63, 3.8) is 0 Å².